The van der Waals surface area contributed by atoms with Gasteiger partial charge in [-0.3, -0.25) is 0 Å². The minimum atomic E-state index is -1.98. The third-order valence-electron chi connectivity index (χ3n) is 6.07. The molecule has 0 aromatic carbocycles. The van der Waals surface area contributed by atoms with Gasteiger partial charge in [-0.25, -0.2) is 4.39 Å². The molecule has 0 radical (unpaired) electrons. The maximum Gasteiger partial charge on any atom is 0.187 e. The lowest BCUT2D eigenvalue weighted by Gasteiger charge is -2.48. The molecule has 3 rings (SSSR count). The van der Waals surface area contributed by atoms with Gasteiger partial charge in [0.2, 0.25) is 0 Å². The van der Waals surface area contributed by atoms with Crippen molar-refractivity contribution in [3.8, 4) is 0 Å². The van der Waals surface area contributed by atoms with Gasteiger partial charge in [0.25, 0.3) is 0 Å². The van der Waals surface area contributed by atoms with Crippen LogP contribution in [0, 0.1) is 0 Å². The number of hydrogen-bond acceptors (Lipinski definition) is 15. The molecule has 15 atom stereocenters. The van der Waals surface area contributed by atoms with Gasteiger partial charge in [-0.2, -0.15) is 0 Å². The van der Waals surface area contributed by atoms with Gasteiger partial charge in [-0.15, -0.1) is 0 Å². The Balaban J connectivity index is 1.82. The molecule has 0 unspecified atom stereocenters. The van der Waals surface area contributed by atoms with E-state index < -0.39 is 112 Å². The second-order valence-electron chi connectivity index (χ2n) is 8.31. The van der Waals surface area contributed by atoms with Gasteiger partial charge >= 0.3 is 0 Å². The van der Waals surface area contributed by atoms with E-state index in [1.165, 1.54) is 0 Å². The van der Waals surface area contributed by atoms with E-state index in [4.69, 9.17) is 23.7 Å². The van der Waals surface area contributed by atoms with E-state index >= 15 is 0 Å². The highest BCUT2D eigenvalue weighted by Crippen LogP contribution is 2.32. The van der Waals surface area contributed by atoms with Crippen LogP contribution in [0.4, 0.5) is 4.39 Å². The molecule has 3 saturated heterocycles. The monoisotopic (exact) mass is 506 g/mol. The van der Waals surface area contributed by atoms with Crippen LogP contribution < -0.4 is 0 Å². The van der Waals surface area contributed by atoms with Gasteiger partial charge in [0.15, 0.2) is 18.9 Å². The Kier molecular flexibility index (Phi) is 9.51. The zero-order valence-electron chi connectivity index (χ0n) is 17.7. The van der Waals surface area contributed by atoms with Crippen molar-refractivity contribution in [2.24, 2.45) is 0 Å². The summed E-state index contributed by atoms with van der Waals surface area (Å²) in [5.74, 6) is 0. The molecule has 3 fully saturated rings. The summed E-state index contributed by atoms with van der Waals surface area (Å²) in [5.41, 5.74) is 0. The summed E-state index contributed by atoms with van der Waals surface area (Å²) >= 11 is 0. The maximum atomic E-state index is 13.0. The lowest BCUT2D eigenvalue weighted by Crippen LogP contribution is -2.66. The van der Waals surface area contributed by atoms with Gasteiger partial charge in [0.05, 0.1) is 13.2 Å². The summed E-state index contributed by atoms with van der Waals surface area (Å²) in [6, 6.07) is 0. The summed E-state index contributed by atoms with van der Waals surface area (Å²) in [6.07, 6.45) is -26.4. The highest BCUT2D eigenvalue weighted by molar-refractivity contribution is 4.95. The van der Waals surface area contributed by atoms with E-state index in [0.717, 1.165) is 0 Å². The smallest absolute Gasteiger partial charge is 0.187 e. The van der Waals surface area contributed by atoms with Crippen molar-refractivity contribution < 1.29 is 79.1 Å². The second kappa shape index (κ2) is 11.6. The first-order valence-electron chi connectivity index (χ1n) is 10.5. The second-order valence-corrected chi connectivity index (χ2v) is 8.31. The van der Waals surface area contributed by atoms with Crippen molar-refractivity contribution in [3.05, 3.63) is 0 Å². The van der Waals surface area contributed by atoms with Crippen LogP contribution in [-0.2, 0) is 23.7 Å². The quantitative estimate of drug-likeness (QED) is 0.154. The molecule has 10 N–H and O–H groups in total. The molecule has 200 valence electrons. The van der Waals surface area contributed by atoms with Crippen molar-refractivity contribution >= 4 is 0 Å². The van der Waals surface area contributed by atoms with Crippen molar-refractivity contribution in [3.63, 3.8) is 0 Å². The van der Waals surface area contributed by atoms with Crippen LogP contribution >= 0.6 is 0 Å². The Morgan fingerprint density at radius 1 is 0.529 bits per heavy atom. The average Bonchev–Trinajstić information content (AvgIpc) is 2.83. The number of halogens is 1. The van der Waals surface area contributed by atoms with Crippen LogP contribution in [-0.4, -0.2) is 163 Å². The lowest BCUT2D eigenvalue weighted by atomic mass is 9.96. The molecular weight excluding hydrogens is 475 g/mol. The van der Waals surface area contributed by atoms with Gasteiger partial charge in [-0.1, -0.05) is 0 Å². The van der Waals surface area contributed by atoms with Crippen LogP contribution in [0.25, 0.3) is 0 Å². The molecule has 16 heteroatoms. The SMILES string of the molecule is OC[C@H]1O[C@H](O[C@@H]2[C@@H](O[C@H]3[C@@H](O)[C@H](O)[C@@H](CF)O[C@@H]3O)O[C@H](CO)[C@@H](O)[C@@H]2O)[C@@H](O)[C@@H](O)[C@@H]1O. The van der Waals surface area contributed by atoms with Gasteiger partial charge in [0, 0.05) is 0 Å². The molecule has 0 aromatic heterocycles. The van der Waals surface area contributed by atoms with Crippen molar-refractivity contribution in [1.82, 2.24) is 0 Å². The van der Waals surface area contributed by atoms with Gasteiger partial charge in [0.1, 0.15) is 79.9 Å². The summed E-state index contributed by atoms with van der Waals surface area (Å²) in [6.45, 7) is -2.83. The summed E-state index contributed by atoms with van der Waals surface area (Å²) in [5, 5.41) is 100.0. The van der Waals surface area contributed by atoms with E-state index in [1.807, 2.05) is 0 Å². The Hall–Kier alpha value is -0.670. The minimum Gasteiger partial charge on any atom is -0.394 e. The molecule has 3 heterocycles. The fraction of sp³-hybridized carbons (Fsp3) is 1.00. The summed E-state index contributed by atoms with van der Waals surface area (Å²) in [7, 11) is 0. The third kappa shape index (κ3) is 5.36. The number of ether oxygens (including phenoxy) is 5. The summed E-state index contributed by atoms with van der Waals surface area (Å²) in [4.78, 5) is 0. The first-order chi connectivity index (χ1) is 16.0. The first kappa shape index (κ1) is 27.9. The lowest BCUT2D eigenvalue weighted by molar-refractivity contribution is -0.390. The normalized spacial score (nSPS) is 52.5. The van der Waals surface area contributed by atoms with Crippen LogP contribution in [0.2, 0.25) is 0 Å². The van der Waals surface area contributed by atoms with Gasteiger partial charge < -0.3 is 74.7 Å². The molecule has 0 bridgehead atoms. The maximum absolute atomic E-state index is 13.0. The van der Waals surface area contributed by atoms with E-state index in [9.17, 15) is 55.5 Å². The molecule has 0 aliphatic carbocycles. The zero-order valence-corrected chi connectivity index (χ0v) is 17.7. The molecular formula is C18H31FO15. The fourth-order valence-corrected chi connectivity index (χ4v) is 4.00. The van der Waals surface area contributed by atoms with Crippen molar-refractivity contribution in [2.75, 3.05) is 19.9 Å². The molecule has 15 nitrogen and oxygen atoms in total. The van der Waals surface area contributed by atoms with E-state index in [0.29, 0.717) is 0 Å². The molecule has 34 heavy (non-hydrogen) atoms. The molecule has 0 spiro atoms. The fourth-order valence-electron chi connectivity index (χ4n) is 4.00. The minimum absolute atomic E-state index is 0.783. The third-order valence-corrected chi connectivity index (χ3v) is 6.07. The highest BCUT2D eigenvalue weighted by atomic mass is 19.1. The van der Waals surface area contributed by atoms with Crippen molar-refractivity contribution in [2.45, 2.75) is 92.1 Å². The van der Waals surface area contributed by atoms with Crippen LogP contribution in [0.15, 0.2) is 0 Å². The number of aliphatic hydroxyl groups excluding tert-OH is 10. The number of alkyl halides is 1. The molecule has 0 amide bonds. The summed E-state index contributed by atoms with van der Waals surface area (Å²) < 4.78 is 39.3. The molecule has 3 aliphatic rings. The van der Waals surface area contributed by atoms with Crippen LogP contribution in [0.5, 0.6) is 0 Å². The van der Waals surface area contributed by atoms with E-state index in [2.05, 4.69) is 0 Å². The predicted molar refractivity (Wildman–Crippen MR) is 100 cm³/mol. The Morgan fingerprint density at radius 3 is 1.56 bits per heavy atom. The van der Waals surface area contributed by atoms with E-state index in [-0.39, 0.29) is 0 Å². The Labute approximate surface area is 192 Å². The Bertz CT molecular complexity index is 644. The van der Waals surface area contributed by atoms with Crippen molar-refractivity contribution in [1.29, 1.82) is 0 Å². The van der Waals surface area contributed by atoms with Gasteiger partial charge in [-0.05, 0) is 0 Å². The zero-order chi connectivity index (χ0) is 25.3. The molecule has 3 aliphatic heterocycles. The average molecular weight is 506 g/mol. The van der Waals surface area contributed by atoms with E-state index in [1.54, 1.807) is 0 Å². The molecule has 0 saturated carbocycles. The highest BCUT2D eigenvalue weighted by Gasteiger charge is 2.53. The first-order valence-corrected chi connectivity index (χ1v) is 10.5. The Morgan fingerprint density at radius 2 is 1.00 bits per heavy atom. The topological polar surface area (TPSA) is 248 Å². The standard InChI is InChI=1S/C18H31FO15/c19-1-4-7(22)11(26)14(16(29)30-4)33-18-15(12(27)9(24)6(3-21)32-18)34-17-13(28)10(25)8(23)5(2-20)31-17/h4-18,20-29H,1-3H2/t4-,5-,6-,7-,8-,9-,10+,11+,12+,13+,14+,15+,16+,17-,18-/m1/s1. The van der Waals surface area contributed by atoms with Crippen LogP contribution in [0.3, 0.4) is 0 Å². The number of hydrogen-bond donors (Lipinski definition) is 10. The largest absolute Gasteiger partial charge is 0.394 e. The number of aliphatic hydroxyl groups is 10. The van der Waals surface area contributed by atoms with Crippen LogP contribution in [0.1, 0.15) is 0 Å². The number of rotatable bonds is 7. The molecule has 0 aromatic rings. The predicted octanol–water partition coefficient (Wildman–Crippen LogP) is -6.60.